The van der Waals surface area contributed by atoms with E-state index in [9.17, 15) is 4.79 Å². The summed E-state index contributed by atoms with van der Waals surface area (Å²) < 4.78 is 0. The minimum absolute atomic E-state index is 0.403. The Balaban J connectivity index is 2.09. The van der Waals surface area contributed by atoms with Crippen molar-refractivity contribution in [3.63, 3.8) is 0 Å². The van der Waals surface area contributed by atoms with Crippen LogP contribution in [-0.4, -0.2) is 15.9 Å². The predicted octanol–water partition coefficient (Wildman–Crippen LogP) is 3.00. The second-order valence-corrected chi connectivity index (χ2v) is 5.99. The van der Waals surface area contributed by atoms with Crippen molar-refractivity contribution < 1.29 is 4.79 Å². The van der Waals surface area contributed by atoms with Crippen LogP contribution in [0.2, 0.25) is 0 Å². The van der Waals surface area contributed by atoms with E-state index < -0.39 is 5.91 Å². The van der Waals surface area contributed by atoms with Gasteiger partial charge in [0.25, 0.3) is 5.91 Å². The molecule has 2 aromatic heterocycles. The summed E-state index contributed by atoms with van der Waals surface area (Å²) in [5.41, 5.74) is 8.36. The molecule has 0 spiro atoms. The molecule has 0 aliphatic carbocycles. The SMILES string of the molecule is Cc1nc(Cc2ccccc2)nc2sc(C(N)=O)c(C)c12. The van der Waals surface area contributed by atoms with Gasteiger partial charge in [0.1, 0.15) is 10.7 Å². The summed E-state index contributed by atoms with van der Waals surface area (Å²) in [6.07, 6.45) is 0.681. The minimum atomic E-state index is -0.403. The van der Waals surface area contributed by atoms with E-state index in [4.69, 9.17) is 5.73 Å². The zero-order valence-corrected chi connectivity index (χ0v) is 12.7. The van der Waals surface area contributed by atoms with Crippen LogP contribution in [0.1, 0.15) is 32.3 Å². The first-order valence-corrected chi connectivity index (χ1v) is 7.48. The normalized spacial score (nSPS) is 11.0. The summed E-state index contributed by atoms with van der Waals surface area (Å²) in [5, 5.41) is 0.950. The molecule has 0 unspecified atom stereocenters. The van der Waals surface area contributed by atoms with Crippen LogP contribution < -0.4 is 5.73 Å². The van der Waals surface area contributed by atoms with E-state index in [0.29, 0.717) is 11.3 Å². The molecule has 2 N–H and O–H groups in total. The van der Waals surface area contributed by atoms with Crippen molar-refractivity contribution in [1.29, 1.82) is 0 Å². The standard InChI is InChI=1S/C16H15N3OS/c1-9-13-10(2)18-12(8-11-6-4-3-5-7-11)19-16(13)21-14(9)15(17)20/h3-7H,8H2,1-2H3,(H2,17,20). The number of hydrogen-bond acceptors (Lipinski definition) is 4. The highest BCUT2D eigenvalue weighted by Gasteiger charge is 2.17. The molecule has 0 radical (unpaired) electrons. The fraction of sp³-hybridized carbons (Fsp3) is 0.188. The third kappa shape index (κ3) is 2.52. The third-order valence-electron chi connectivity index (χ3n) is 3.45. The molecule has 106 valence electrons. The first-order chi connectivity index (χ1) is 10.1. The van der Waals surface area contributed by atoms with E-state index in [-0.39, 0.29) is 0 Å². The number of nitrogens with zero attached hydrogens (tertiary/aromatic N) is 2. The summed E-state index contributed by atoms with van der Waals surface area (Å²) in [6, 6.07) is 10.1. The highest BCUT2D eigenvalue weighted by Crippen LogP contribution is 2.31. The van der Waals surface area contributed by atoms with Gasteiger partial charge in [-0.2, -0.15) is 0 Å². The zero-order chi connectivity index (χ0) is 15.0. The summed E-state index contributed by atoms with van der Waals surface area (Å²) in [6.45, 7) is 3.84. The Labute approximate surface area is 126 Å². The van der Waals surface area contributed by atoms with Crippen molar-refractivity contribution in [2.75, 3.05) is 0 Å². The summed E-state index contributed by atoms with van der Waals surface area (Å²) in [5.74, 6) is 0.364. The maximum atomic E-state index is 11.5. The molecule has 3 aromatic rings. The molecular weight excluding hydrogens is 282 g/mol. The maximum Gasteiger partial charge on any atom is 0.259 e. The lowest BCUT2D eigenvalue weighted by Crippen LogP contribution is -2.09. The van der Waals surface area contributed by atoms with Crippen molar-refractivity contribution in [2.24, 2.45) is 5.73 Å². The predicted molar refractivity (Wildman–Crippen MR) is 84.7 cm³/mol. The molecule has 3 rings (SSSR count). The smallest absolute Gasteiger partial charge is 0.259 e. The molecule has 0 aliphatic heterocycles. The molecular formula is C16H15N3OS. The number of aromatic nitrogens is 2. The van der Waals surface area contributed by atoms with Crippen LogP contribution in [0.3, 0.4) is 0 Å². The van der Waals surface area contributed by atoms with Gasteiger partial charge in [0, 0.05) is 11.8 Å². The number of thiophene rings is 1. The number of benzene rings is 1. The molecule has 21 heavy (non-hydrogen) atoms. The molecule has 2 heterocycles. The van der Waals surface area contributed by atoms with E-state index in [0.717, 1.165) is 27.3 Å². The van der Waals surface area contributed by atoms with Gasteiger partial charge in [0.2, 0.25) is 0 Å². The Morgan fingerprint density at radius 2 is 1.90 bits per heavy atom. The molecule has 0 fully saturated rings. The van der Waals surface area contributed by atoms with Gasteiger partial charge in [-0.05, 0) is 25.0 Å². The van der Waals surface area contributed by atoms with Crippen LogP contribution in [0.25, 0.3) is 10.2 Å². The number of rotatable bonds is 3. The number of fused-ring (bicyclic) bond motifs is 1. The average Bonchev–Trinajstić information content (AvgIpc) is 2.77. The van der Waals surface area contributed by atoms with Gasteiger partial charge in [0.15, 0.2) is 0 Å². The Morgan fingerprint density at radius 3 is 2.57 bits per heavy atom. The van der Waals surface area contributed by atoms with E-state index >= 15 is 0 Å². The van der Waals surface area contributed by atoms with Crippen LogP contribution >= 0.6 is 11.3 Å². The summed E-state index contributed by atoms with van der Waals surface area (Å²) >= 11 is 1.35. The Morgan fingerprint density at radius 1 is 1.19 bits per heavy atom. The molecule has 0 aliphatic rings. The highest BCUT2D eigenvalue weighted by atomic mass is 32.1. The molecule has 5 heteroatoms. The Hall–Kier alpha value is -2.27. The minimum Gasteiger partial charge on any atom is -0.365 e. The van der Waals surface area contributed by atoms with Crippen LogP contribution in [0.15, 0.2) is 30.3 Å². The van der Waals surface area contributed by atoms with Gasteiger partial charge in [-0.25, -0.2) is 9.97 Å². The summed E-state index contributed by atoms with van der Waals surface area (Å²) in [4.78, 5) is 22.0. The lowest BCUT2D eigenvalue weighted by atomic mass is 10.1. The number of nitrogens with two attached hydrogens (primary N) is 1. The average molecular weight is 297 g/mol. The second-order valence-electron chi connectivity index (χ2n) is 4.99. The van der Waals surface area contributed by atoms with Crippen molar-refractivity contribution in [3.8, 4) is 0 Å². The first kappa shape index (κ1) is 13.7. The molecule has 1 amide bonds. The van der Waals surface area contributed by atoms with Crippen LogP contribution in [-0.2, 0) is 6.42 Å². The van der Waals surface area contributed by atoms with Crippen molar-refractivity contribution in [2.45, 2.75) is 20.3 Å². The molecule has 0 saturated heterocycles. The van der Waals surface area contributed by atoms with Gasteiger partial charge >= 0.3 is 0 Å². The number of hydrogen-bond donors (Lipinski definition) is 1. The fourth-order valence-corrected chi connectivity index (χ4v) is 3.59. The van der Waals surface area contributed by atoms with Crippen molar-refractivity contribution in [1.82, 2.24) is 9.97 Å². The van der Waals surface area contributed by atoms with Crippen LogP contribution in [0.5, 0.6) is 0 Å². The van der Waals surface area contributed by atoms with Gasteiger partial charge in [-0.15, -0.1) is 11.3 Å². The monoisotopic (exact) mass is 297 g/mol. The molecule has 0 bridgehead atoms. The Kier molecular flexibility index (Phi) is 3.43. The maximum absolute atomic E-state index is 11.5. The number of carbonyl (C=O) groups excluding carboxylic acids is 1. The number of aryl methyl sites for hydroxylation is 2. The van der Waals surface area contributed by atoms with E-state index in [2.05, 4.69) is 22.1 Å². The van der Waals surface area contributed by atoms with Gasteiger partial charge < -0.3 is 5.73 Å². The number of carbonyl (C=O) groups is 1. The van der Waals surface area contributed by atoms with Crippen molar-refractivity contribution in [3.05, 3.63) is 57.9 Å². The van der Waals surface area contributed by atoms with E-state index in [1.165, 1.54) is 16.9 Å². The molecule has 4 nitrogen and oxygen atoms in total. The topological polar surface area (TPSA) is 68.9 Å². The van der Waals surface area contributed by atoms with Gasteiger partial charge in [0.05, 0.1) is 10.6 Å². The van der Waals surface area contributed by atoms with E-state index in [1.807, 2.05) is 32.0 Å². The molecule has 0 atom stereocenters. The van der Waals surface area contributed by atoms with Gasteiger partial charge in [-0.3, -0.25) is 4.79 Å². The lowest BCUT2D eigenvalue weighted by Gasteiger charge is -2.03. The number of amides is 1. The largest absolute Gasteiger partial charge is 0.365 e. The van der Waals surface area contributed by atoms with E-state index in [1.54, 1.807) is 0 Å². The third-order valence-corrected chi connectivity index (χ3v) is 4.65. The van der Waals surface area contributed by atoms with Crippen LogP contribution in [0, 0.1) is 13.8 Å². The quantitative estimate of drug-likeness (QED) is 0.808. The lowest BCUT2D eigenvalue weighted by molar-refractivity contribution is 0.100. The first-order valence-electron chi connectivity index (χ1n) is 6.66. The van der Waals surface area contributed by atoms with Gasteiger partial charge in [-0.1, -0.05) is 30.3 Å². The zero-order valence-electron chi connectivity index (χ0n) is 11.9. The summed E-state index contributed by atoms with van der Waals surface area (Å²) in [7, 11) is 0. The second kappa shape index (κ2) is 5.26. The Bertz CT molecular complexity index is 824. The number of primary amides is 1. The highest BCUT2D eigenvalue weighted by molar-refractivity contribution is 7.20. The van der Waals surface area contributed by atoms with Crippen LogP contribution in [0.4, 0.5) is 0 Å². The molecule has 0 saturated carbocycles. The van der Waals surface area contributed by atoms with Crippen molar-refractivity contribution >= 4 is 27.5 Å². The molecule has 1 aromatic carbocycles. The fourth-order valence-electron chi connectivity index (χ4n) is 2.49.